The molecule has 1 atom stereocenters. The van der Waals surface area contributed by atoms with Crippen LogP contribution in [0, 0.1) is 6.92 Å². The Balaban J connectivity index is 1.63. The molecule has 1 aliphatic rings. The molecule has 0 aliphatic carbocycles. The van der Waals surface area contributed by atoms with Gasteiger partial charge in [-0.3, -0.25) is 14.2 Å². The fourth-order valence-electron chi connectivity index (χ4n) is 3.10. The predicted molar refractivity (Wildman–Crippen MR) is 92.0 cm³/mol. The number of ether oxygens (including phenoxy) is 1. The van der Waals surface area contributed by atoms with Crippen molar-refractivity contribution >= 4 is 16.8 Å². The van der Waals surface area contributed by atoms with E-state index in [9.17, 15) is 9.59 Å². The molecule has 1 aliphatic heterocycles. The highest BCUT2D eigenvalue weighted by atomic mass is 16.5. The molecule has 0 spiro atoms. The standard InChI is InChI=1S/C18H23N3O3/c1-13-5-3-6-15-17(13)19-12-21(18(15)23)8-4-7-16(22)20-9-10-24-14(2)11-20/h3,5-6,12,14H,4,7-11H2,1-2H3/t14-/m0/s1. The van der Waals surface area contributed by atoms with Crippen molar-refractivity contribution in [3.05, 3.63) is 40.4 Å². The SMILES string of the molecule is Cc1cccc2c(=O)n(CCCC(=O)N3CCO[C@@H](C)C3)cnc12. The number of benzene rings is 1. The van der Waals surface area contributed by atoms with Gasteiger partial charge in [0.2, 0.25) is 5.91 Å². The topological polar surface area (TPSA) is 64.4 Å². The number of aryl methyl sites for hydroxylation is 2. The van der Waals surface area contributed by atoms with E-state index in [0.717, 1.165) is 11.1 Å². The lowest BCUT2D eigenvalue weighted by molar-refractivity contribution is -0.138. The van der Waals surface area contributed by atoms with Crippen LogP contribution in [-0.4, -0.2) is 46.2 Å². The molecule has 1 aromatic carbocycles. The molecule has 0 N–H and O–H groups in total. The molecule has 1 amide bonds. The molecule has 0 radical (unpaired) electrons. The van der Waals surface area contributed by atoms with Gasteiger partial charge in [-0.2, -0.15) is 0 Å². The average molecular weight is 329 g/mol. The van der Waals surface area contributed by atoms with Crippen LogP contribution in [0.25, 0.3) is 10.9 Å². The van der Waals surface area contributed by atoms with Crippen molar-refractivity contribution < 1.29 is 9.53 Å². The molecule has 1 aromatic heterocycles. The molecule has 24 heavy (non-hydrogen) atoms. The van der Waals surface area contributed by atoms with Gasteiger partial charge in [0.1, 0.15) is 0 Å². The number of amides is 1. The van der Waals surface area contributed by atoms with E-state index < -0.39 is 0 Å². The van der Waals surface area contributed by atoms with E-state index >= 15 is 0 Å². The van der Waals surface area contributed by atoms with Crippen LogP contribution >= 0.6 is 0 Å². The number of carbonyl (C=O) groups is 1. The second-order valence-corrected chi connectivity index (χ2v) is 6.34. The van der Waals surface area contributed by atoms with Gasteiger partial charge >= 0.3 is 0 Å². The Bertz CT molecular complexity index is 800. The molecule has 6 nitrogen and oxygen atoms in total. The minimum absolute atomic E-state index is 0.0452. The zero-order valence-corrected chi connectivity index (χ0v) is 14.2. The summed E-state index contributed by atoms with van der Waals surface area (Å²) in [4.78, 5) is 31.0. The summed E-state index contributed by atoms with van der Waals surface area (Å²) in [6, 6.07) is 5.61. The Morgan fingerprint density at radius 1 is 1.42 bits per heavy atom. The summed E-state index contributed by atoms with van der Waals surface area (Å²) in [6.45, 7) is 6.32. The Hall–Kier alpha value is -2.21. The highest BCUT2D eigenvalue weighted by Crippen LogP contribution is 2.12. The third-order valence-electron chi connectivity index (χ3n) is 4.44. The van der Waals surface area contributed by atoms with Gasteiger partial charge in [0.25, 0.3) is 5.56 Å². The average Bonchev–Trinajstić information content (AvgIpc) is 2.57. The van der Waals surface area contributed by atoms with Gasteiger partial charge in [-0.15, -0.1) is 0 Å². The minimum atomic E-state index is -0.0452. The number of para-hydroxylation sites is 1. The third kappa shape index (κ3) is 3.48. The number of aromatic nitrogens is 2. The maximum Gasteiger partial charge on any atom is 0.261 e. The highest BCUT2D eigenvalue weighted by molar-refractivity contribution is 5.80. The summed E-state index contributed by atoms with van der Waals surface area (Å²) in [5, 5.41) is 0.630. The van der Waals surface area contributed by atoms with Crippen LogP contribution in [0.15, 0.2) is 29.3 Å². The van der Waals surface area contributed by atoms with Gasteiger partial charge in [-0.05, 0) is 31.9 Å². The lowest BCUT2D eigenvalue weighted by Gasteiger charge is -2.31. The van der Waals surface area contributed by atoms with E-state index in [1.807, 2.05) is 30.9 Å². The van der Waals surface area contributed by atoms with E-state index in [0.29, 0.717) is 44.5 Å². The molecule has 0 bridgehead atoms. The van der Waals surface area contributed by atoms with E-state index in [2.05, 4.69) is 4.98 Å². The van der Waals surface area contributed by atoms with E-state index in [1.54, 1.807) is 17.0 Å². The van der Waals surface area contributed by atoms with Gasteiger partial charge in [0.05, 0.1) is 29.9 Å². The fourth-order valence-corrected chi connectivity index (χ4v) is 3.10. The normalized spacial score (nSPS) is 18.1. The minimum Gasteiger partial charge on any atom is -0.375 e. The summed E-state index contributed by atoms with van der Waals surface area (Å²) in [5.74, 6) is 0.128. The van der Waals surface area contributed by atoms with Crippen LogP contribution < -0.4 is 5.56 Å². The molecule has 0 unspecified atom stereocenters. The molecule has 1 saturated heterocycles. The molecule has 3 rings (SSSR count). The van der Waals surface area contributed by atoms with Crippen molar-refractivity contribution in [1.29, 1.82) is 0 Å². The second kappa shape index (κ2) is 7.13. The zero-order chi connectivity index (χ0) is 17.1. The number of hydrogen-bond acceptors (Lipinski definition) is 4. The van der Waals surface area contributed by atoms with Crippen LogP contribution in [0.4, 0.5) is 0 Å². The second-order valence-electron chi connectivity index (χ2n) is 6.34. The summed E-state index contributed by atoms with van der Waals surface area (Å²) in [6.07, 6.45) is 2.74. The number of nitrogens with zero attached hydrogens (tertiary/aromatic N) is 3. The van der Waals surface area contributed by atoms with Crippen LogP contribution in [0.2, 0.25) is 0 Å². The molecular formula is C18H23N3O3. The van der Waals surface area contributed by atoms with E-state index in [-0.39, 0.29) is 17.6 Å². The van der Waals surface area contributed by atoms with Gasteiger partial charge in [-0.25, -0.2) is 4.98 Å². The van der Waals surface area contributed by atoms with Crippen LogP contribution in [-0.2, 0) is 16.1 Å². The zero-order valence-electron chi connectivity index (χ0n) is 14.2. The number of morpholine rings is 1. The van der Waals surface area contributed by atoms with Crippen LogP contribution in [0.1, 0.15) is 25.3 Å². The molecule has 6 heteroatoms. The lowest BCUT2D eigenvalue weighted by Crippen LogP contribution is -2.44. The Kier molecular flexibility index (Phi) is 4.94. The first kappa shape index (κ1) is 16.6. The Morgan fingerprint density at radius 2 is 2.25 bits per heavy atom. The molecule has 128 valence electrons. The number of fused-ring (bicyclic) bond motifs is 1. The van der Waals surface area contributed by atoms with Gasteiger partial charge in [0, 0.05) is 26.1 Å². The first-order chi connectivity index (χ1) is 11.6. The Morgan fingerprint density at radius 3 is 3.04 bits per heavy atom. The number of hydrogen-bond donors (Lipinski definition) is 0. The van der Waals surface area contributed by atoms with Gasteiger partial charge in [0.15, 0.2) is 0 Å². The molecule has 1 fully saturated rings. The predicted octanol–water partition coefficient (Wildman–Crippen LogP) is 1.73. The van der Waals surface area contributed by atoms with Crippen molar-refractivity contribution in [2.24, 2.45) is 0 Å². The van der Waals surface area contributed by atoms with Crippen molar-refractivity contribution in [2.45, 2.75) is 39.3 Å². The van der Waals surface area contributed by atoms with Gasteiger partial charge < -0.3 is 9.64 Å². The van der Waals surface area contributed by atoms with Crippen molar-refractivity contribution in [3.63, 3.8) is 0 Å². The van der Waals surface area contributed by atoms with Gasteiger partial charge in [-0.1, -0.05) is 12.1 Å². The monoisotopic (exact) mass is 329 g/mol. The maximum atomic E-state index is 12.5. The largest absolute Gasteiger partial charge is 0.375 e. The fraction of sp³-hybridized carbons (Fsp3) is 0.500. The maximum absolute atomic E-state index is 12.5. The molecule has 0 saturated carbocycles. The van der Waals surface area contributed by atoms with Crippen molar-refractivity contribution in [1.82, 2.24) is 14.5 Å². The summed E-state index contributed by atoms with van der Waals surface area (Å²) < 4.78 is 7.04. The summed E-state index contributed by atoms with van der Waals surface area (Å²) in [5.41, 5.74) is 1.70. The molecule has 2 aromatic rings. The molecular weight excluding hydrogens is 306 g/mol. The summed E-state index contributed by atoms with van der Waals surface area (Å²) >= 11 is 0. The van der Waals surface area contributed by atoms with Crippen molar-refractivity contribution in [2.75, 3.05) is 19.7 Å². The van der Waals surface area contributed by atoms with Crippen LogP contribution in [0.3, 0.4) is 0 Å². The Labute approximate surface area is 141 Å². The number of carbonyl (C=O) groups excluding carboxylic acids is 1. The lowest BCUT2D eigenvalue weighted by atomic mass is 10.1. The summed E-state index contributed by atoms with van der Waals surface area (Å²) in [7, 11) is 0. The van der Waals surface area contributed by atoms with E-state index in [4.69, 9.17) is 4.74 Å². The first-order valence-corrected chi connectivity index (χ1v) is 8.40. The quantitative estimate of drug-likeness (QED) is 0.857. The number of rotatable bonds is 4. The van der Waals surface area contributed by atoms with E-state index in [1.165, 1.54) is 0 Å². The third-order valence-corrected chi connectivity index (χ3v) is 4.44. The smallest absolute Gasteiger partial charge is 0.261 e. The van der Waals surface area contributed by atoms with Crippen LogP contribution in [0.5, 0.6) is 0 Å². The highest BCUT2D eigenvalue weighted by Gasteiger charge is 2.20. The van der Waals surface area contributed by atoms with Crippen molar-refractivity contribution in [3.8, 4) is 0 Å². The molecule has 2 heterocycles. The first-order valence-electron chi connectivity index (χ1n) is 8.40.